The number of fused-ring (bicyclic) bond motifs is 2. The molecule has 9 heteroatoms. The fourth-order valence-corrected chi connectivity index (χ4v) is 6.05. The van der Waals surface area contributed by atoms with Gasteiger partial charge in [-0.1, -0.05) is 87.4 Å². The molecule has 0 bridgehead atoms. The summed E-state index contributed by atoms with van der Waals surface area (Å²) < 4.78 is 2.07. The molecule has 0 aliphatic carbocycles. The first-order chi connectivity index (χ1) is 21.7. The first-order valence-electron chi connectivity index (χ1n) is 15.9. The smallest absolute Gasteiger partial charge is 0.303 e. The molecule has 0 spiro atoms. The number of carbonyl (C=O) groups excluding carboxylic acids is 3. The van der Waals surface area contributed by atoms with Crippen molar-refractivity contribution < 1.29 is 24.3 Å². The number of nitrogens with zero attached hydrogens (tertiary/aromatic N) is 2. The second-order valence-electron chi connectivity index (χ2n) is 11.6. The number of nitrogens with two attached hydrogens (primary N) is 1. The molecule has 4 aromatic rings. The second kappa shape index (κ2) is 15.9. The molecule has 1 aromatic heterocycles. The van der Waals surface area contributed by atoms with Crippen LogP contribution in [0.4, 0.5) is 0 Å². The molecule has 238 valence electrons. The van der Waals surface area contributed by atoms with Crippen molar-refractivity contribution >= 4 is 45.4 Å². The number of carboxylic acid groups (broad SMARTS) is 1. The molecule has 0 saturated carbocycles. The minimum Gasteiger partial charge on any atom is -0.481 e. The number of unbranched alkanes of at least 4 members (excludes halogenated alkanes) is 1. The van der Waals surface area contributed by atoms with Crippen molar-refractivity contribution in [3.8, 4) is 0 Å². The van der Waals surface area contributed by atoms with E-state index in [4.69, 9.17) is 5.73 Å². The van der Waals surface area contributed by atoms with Crippen molar-refractivity contribution in [1.82, 2.24) is 14.8 Å². The third kappa shape index (κ3) is 8.50. The number of hydrogen-bond acceptors (Lipinski definition) is 4. The van der Waals surface area contributed by atoms with Gasteiger partial charge < -0.3 is 25.6 Å². The Kier molecular flexibility index (Phi) is 11.7. The average Bonchev–Trinajstić information content (AvgIpc) is 3.38. The van der Waals surface area contributed by atoms with Gasteiger partial charge in [0.05, 0.1) is 5.56 Å². The number of benzene rings is 3. The van der Waals surface area contributed by atoms with Crippen molar-refractivity contribution in [2.75, 3.05) is 6.54 Å². The van der Waals surface area contributed by atoms with Crippen LogP contribution in [0.5, 0.6) is 0 Å². The lowest BCUT2D eigenvalue weighted by molar-refractivity contribution is -0.137. The van der Waals surface area contributed by atoms with Gasteiger partial charge in [0.2, 0.25) is 11.8 Å². The highest BCUT2D eigenvalue weighted by molar-refractivity contribution is 6.08. The first-order valence-corrected chi connectivity index (χ1v) is 15.9. The number of para-hydroxylation sites is 1. The van der Waals surface area contributed by atoms with Crippen molar-refractivity contribution in [3.05, 3.63) is 84.1 Å². The molecule has 0 radical (unpaired) electrons. The molecule has 9 nitrogen and oxygen atoms in total. The van der Waals surface area contributed by atoms with Gasteiger partial charge in [0.15, 0.2) is 0 Å². The Labute approximate surface area is 264 Å². The summed E-state index contributed by atoms with van der Waals surface area (Å²) in [5.74, 6) is -2.17. The van der Waals surface area contributed by atoms with E-state index in [1.54, 1.807) is 4.90 Å². The van der Waals surface area contributed by atoms with Gasteiger partial charge in [-0.05, 0) is 48.1 Å². The number of amides is 3. The highest BCUT2D eigenvalue weighted by Gasteiger charge is 2.32. The zero-order chi connectivity index (χ0) is 32.3. The number of rotatable bonds is 17. The Hall–Kier alpha value is -4.66. The maximum absolute atomic E-state index is 14.4. The van der Waals surface area contributed by atoms with E-state index < -0.39 is 29.9 Å². The summed E-state index contributed by atoms with van der Waals surface area (Å²) in [5, 5.41) is 15.3. The SMILES string of the molecule is CCCC[C@@H](CC(N)=O)NC(=O)[C@H](CCCC(=O)O)N(CCC)C(=O)c1cn(Cc2cccc3ccccc23)c2ccccc12. The van der Waals surface area contributed by atoms with Crippen LogP contribution >= 0.6 is 0 Å². The molecule has 0 saturated heterocycles. The normalized spacial score (nSPS) is 12.6. The number of hydrogen-bond donors (Lipinski definition) is 3. The highest BCUT2D eigenvalue weighted by Crippen LogP contribution is 2.27. The minimum atomic E-state index is -0.964. The summed E-state index contributed by atoms with van der Waals surface area (Å²) >= 11 is 0. The van der Waals surface area contributed by atoms with Crippen LogP contribution in [-0.4, -0.2) is 56.9 Å². The number of nitrogens with one attached hydrogen (secondary N) is 1. The Morgan fingerprint density at radius 2 is 1.60 bits per heavy atom. The van der Waals surface area contributed by atoms with E-state index in [1.165, 1.54) is 0 Å². The van der Waals surface area contributed by atoms with Gasteiger partial charge in [-0.3, -0.25) is 19.2 Å². The molecule has 0 aliphatic rings. The van der Waals surface area contributed by atoms with E-state index in [9.17, 15) is 24.3 Å². The molecule has 4 rings (SSSR count). The number of carboxylic acids is 1. The number of aliphatic carboxylic acids is 1. The monoisotopic (exact) mass is 612 g/mol. The molecule has 1 heterocycles. The molecule has 3 aromatic carbocycles. The molecular formula is C36H44N4O5. The number of aromatic nitrogens is 1. The lowest BCUT2D eigenvalue weighted by Gasteiger charge is -2.32. The van der Waals surface area contributed by atoms with Crippen LogP contribution in [0.25, 0.3) is 21.7 Å². The number of carbonyl (C=O) groups is 4. The molecular weight excluding hydrogens is 568 g/mol. The van der Waals surface area contributed by atoms with Crippen LogP contribution in [0.3, 0.4) is 0 Å². The summed E-state index contributed by atoms with van der Waals surface area (Å²) in [6.45, 7) is 4.82. The fraction of sp³-hybridized carbons (Fsp3) is 0.389. The maximum atomic E-state index is 14.4. The van der Waals surface area contributed by atoms with Gasteiger partial charge in [0, 0.05) is 49.1 Å². The summed E-state index contributed by atoms with van der Waals surface area (Å²) in [4.78, 5) is 53.0. The molecule has 0 unspecified atom stereocenters. The van der Waals surface area contributed by atoms with E-state index >= 15 is 0 Å². The number of primary amides is 1. The van der Waals surface area contributed by atoms with Crippen molar-refractivity contribution in [2.45, 2.75) is 83.8 Å². The van der Waals surface area contributed by atoms with E-state index in [2.05, 4.69) is 34.1 Å². The summed E-state index contributed by atoms with van der Waals surface area (Å²) in [5.41, 5.74) is 7.99. The van der Waals surface area contributed by atoms with Crippen LogP contribution in [0.2, 0.25) is 0 Å². The largest absolute Gasteiger partial charge is 0.481 e. The third-order valence-corrected chi connectivity index (χ3v) is 8.21. The quantitative estimate of drug-likeness (QED) is 0.137. The Morgan fingerprint density at radius 3 is 2.31 bits per heavy atom. The van der Waals surface area contributed by atoms with Crippen LogP contribution in [0, 0.1) is 0 Å². The van der Waals surface area contributed by atoms with Gasteiger partial charge >= 0.3 is 5.97 Å². The molecule has 0 fully saturated rings. The molecule has 0 aliphatic heterocycles. The van der Waals surface area contributed by atoms with Crippen LogP contribution in [0.15, 0.2) is 72.9 Å². The zero-order valence-corrected chi connectivity index (χ0v) is 26.2. The van der Waals surface area contributed by atoms with E-state index in [1.807, 2.05) is 62.5 Å². The van der Waals surface area contributed by atoms with Crippen molar-refractivity contribution in [2.24, 2.45) is 5.73 Å². The van der Waals surface area contributed by atoms with Gasteiger partial charge in [0.1, 0.15) is 6.04 Å². The van der Waals surface area contributed by atoms with Crippen LogP contribution in [-0.2, 0) is 20.9 Å². The summed E-state index contributed by atoms with van der Waals surface area (Å²) in [6.07, 6.45) is 5.00. The Bertz CT molecular complexity index is 1640. The Balaban J connectivity index is 1.70. The minimum absolute atomic E-state index is 0.00301. The van der Waals surface area contributed by atoms with Gasteiger partial charge in [-0.15, -0.1) is 0 Å². The van der Waals surface area contributed by atoms with Gasteiger partial charge in [-0.25, -0.2) is 0 Å². The van der Waals surface area contributed by atoms with Gasteiger partial charge in [0.25, 0.3) is 5.91 Å². The van der Waals surface area contributed by atoms with Crippen LogP contribution in [0.1, 0.15) is 81.1 Å². The lowest BCUT2D eigenvalue weighted by Crippen LogP contribution is -2.52. The van der Waals surface area contributed by atoms with E-state index in [0.29, 0.717) is 31.5 Å². The predicted molar refractivity (Wildman–Crippen MR) is 177 cm³/mol. The highest BCUT2D eigenvalue weighted by atomic mass is 16.4. The summed E-state index contributed by atoms with van der Waals surface area (Å²) in [7, 11) is 0. The average molecular weight is 613 g/mol. The van der Waals surface area contributed by atoms with Crippen molar-refractivity contribution in [3.63, 3.8) is 0 Å². The third-order valence-electron chi connectivity index (χ3n) is 8.21. The topological polar surface area (TPSA) is 135 Å². The molecule has 2 atom stereocenters. The maximum Gasteiger partial charge on any atom is 0.303 e. The summed E-state index contributed by atoms with van der Waals surface area (Å²) in [6, 6.07) is 20.8. The molecule has 4 N–H and O–H groups in total. The van der Waals surface area contributed by atoms with Crippen LogP contribution < -0.4 is 11.1 Å². The predicted octanol–water partition coefficient (Wildman–Crippen LogP) is 5.87. The van der Waals surface area contributed by atoms with Gasteiger partial charge in [-0.2, -0.15) is 0 Å². The van der Waals surface area contributed by atoms with E-state index in [-0.39, 0.29) is 31.6 Å². The second-order valence-corrected chi connectivity index (χ2v) is 11.6. The Morgan fingerprint density at radius 1 is 0.889 bits per heavy atom. The molecule has 3 amide bonds. The lowest BCUT2D eigenvalue weighted by atomic mass is 10.0. The fourth-order valence-electron chi connectivity index (χ4n) is 6.05. The standard InChI is InChI=1S/C36H44N4O5/c1-3-5-15-27(22-33(37)41)38-35(44)32(19-11-20-34(42)43)40(21-4-2)36(45)30-24-39(31-18-9-8-17-29(30)31)23-26-14-10-13-25-12-6-7-16-28(25)26/h6-10,12-14,16-18,24,27,32H,3-5,11,15,19-23H2,1-2H3,(H2,37,41)(H,38,44)(H,42,43)/t27-,32-/m0/s1. The zero-order valence-electron chi connectivity index (χ0n) is 26.2. The molecule has 45 heavy (non-hydrogen) atoms. The van der Waals surface area contributed by atoms with E-state index in [0.717, 1.165) is 40.1 Å². The van der Waals surface area contributed by atoms with Crippen molar-refractivity contribution in [1.29, 1.82) is 0 Å². The first kappa shape index (κ1) is 33.2.